The van der Waals surface area contributed by atoms with Crippen molar-refractivity contribution in [2.45, 2.75) is 65.0 Å². The van der Waals surface area contributed by atoms with Crippen molar-refractivity contribution in [3.63, 3.8) is 0 Å². The topological polar surface area (TPSA) is 49.8 Å². The van der Waals surface area contributed by atoms with Gasteiger partial charge in [-0.2, -0.15) is 18.2 Å². The van der Waals surface area contributed by atoms with Gasteiger partial charge in [0.2, 0.25) is 5.95 Å². The lowest BCUT2D eigenvalue weighted by molar-refractivity contribution is -0.137. The first kappa shape index (κ1) is 24.6. The van der Waals surface area contributed by atoms with E-state index in [1.54, 1.807) is 12.1 Å². The standard InChI is InChI=1S/C26H31F3N4/c1-5-6-7-10-18-13-15-19(16-14-18)31-24-30-17-21(26(27,28)29)23(33-24)32-22-12-9-8-11-20(22)25(2,3)4/h8-9,11-17H,5-7,10H2,1-4H3,(H2,30,31,32,33). The molecular formula is C26H31F3N4. The van der Waals surface area contributed by atoms with Crippen LogP contribution in [0.5, 0.6) is 0 Å². The molecule has 0 radical (unpaired) electrons. The van der Waals surface area contributed by atoms with E-state index in [0.29, 0.717) is 5.69 Å². The molecule has 0 fully saturated rings. The van der Waals surface area contributed by atoms with Crippen LogP contribution in [0.3, 0.4) is 0 Å². The summed E-state index contributed by atoms with van der Waals surface area (Å²) in [5.41, 5.74) is 2.25. The summed E-state index contributed by atoms with van der Waals surface area (Å²) in [4.78, 5) is 8.10. The Bertz CT molecular complexity index is 1050. The van der Waals surface area contributed by atoms with Crippen LogP contribution < -0.4 is 10.6 Å². The van der Waals surface area contributed by atoms with Gasteiger partial charge < -0.3 is 10.6 Å². The van der Waals surface area contributed by atoms with Crippen LogP contribution in [0.4, 0.5) is 36.3 Å². The average molecular weight is 457 g/mol. The number of nitrogens with zero attached hydrogens (tertiary/aromatic N) is 2. The zero-order valence-corrected chi connectivity index (χ0v) is 19.6. The number of benzene rings is 2. The predicted molar refractivity (Wildman–Crippen MR) is 128 cm³/mol. The molecule has 0 aliphatic rings. The van der Waals surface area contributed by atoms with E-state index < -0.39 is 11.7 Å². The van der Waals surface area contributed by atoms with Crippen molar-refractivity contribution in [3.8, 4) is 0 Å². The van der Waals surface area contributed by atoms with Crippen molar-refractivity contribution in [1.29, 1.82) is 0 Å². The normalized spacial score (nSPS) is 12.0. The minimum absolute atomic E-state index is 0.0949. The molecule has 33 heavy (non-hydrogen) atoms. The molecule has 0 aliphatic carbocycles. The molecule has 0 atom stereocenters. The maximum absolute atomic E-state index is 13.7. The van der Waals surface area contributed by atoms with Crippen LogP contribution in [-0.2, 0) is 18.0 Å². The second-order valence-corrected chi connectivity index (χ2v) is 9.15. The number of para-hydroxylation sites is 1. The van der Waals surface area contributed by atoms with Crippen molar-refractivity contribution in [3.05, 3.63) is 71.4 Å². The number of aryl methyl sites for hydroxylation is 1. The highest BCUT2D eigenvalue weighted by molar-refractivity contribution is 5.66. The fourth-order valence-electron chi connectivity index (χ4n) is 3.58. The Labute approximate surface area is 193 Å². The number of aromatic nitrogens is 2. The molecule has 1 heterocycles. The van der Waals surface area contributed by atoms with Gasteiger partial charge in [-0.15, -0.1) is 0 Å². The molecule has 2 N–H and O–H groups in total. The summed E-state index contributed by atoms with van der Waals surface area (Å²) in [5, 5.41) is 5.93. The Morgan fingerprint density at radius 1 is 0.848 bits per heavy atom. The Morgan fingerprint density at radius 2 is 1.55 bits per heavy atom. The van der Waals surface area contributed by atoms with E-state index in [2.05, 4.69) is 27.5 Å². The second kappa shape index (κ2) is 10.2. The molecule has 0 saturated heterocycles. The lowest BCUT2D eigenvalue weighted by Crippen LogP contribution is -2.16. The van der Waals surface area contributed by atoms with Crippen molar-refractivity contribution in [2.24, 2.45) is 0 Å². The first-order chi connectivity index (χ1) is 15.6. The van der Waals surface area contributed by atoms with Gasteiger partial charge in [-0.1, -0.05) is 70.9 Å². The zero-order valence-electron chi connectivity index (χ0n) is 19.6. The molecule has 176 valence electrons. The van der Waals surface area contributed by atoms with Gasteiger partial charge in [-0.25, -0.2) is 4.98 Å². The second-order valence-electron chi connectivity index (χ2n) is 9.15. The summed E-state index contributed by atoms with van der Waals surface area (Å²) in [6.07, 6.45) is 0.728. The smallest absolute Gasteiger partial charge is 0.339 e. The first-order valence-electron chi connectivity index (χ1n) is 11.2. The van der Waals surface area contributed by atoms with Crippen LogP contribution in [-0.4, -0.2) is 9.97 Å². The summed E-state index contributed by atoms with van der Waals surface area (Å²) >= 11 is 0. The molecule has 2 aromatic carbocycles. The van der Waals surface area contributed by atoms with E-state index >= 15 is 0 Å². The van der Waals surface area contributed by atoms with Crippen molar-refractivity contribution < 1.29 is 13.2 Å². The SMILES string of the molecule is CCCCCc1ccc(Nc2ncc(C(F)(F)F)c(Nc3ccccc3C(C)(C)C)n2)cc1. The summed E-state index contributed by atoms with van der Waals surface area (Å²) < 4.78 is 41.0. The zero-order chi connectivity index (χ0) is 24.1. The van der Waals surface area contributed by atoms with Crippen molar-refractivity contribution in [1.82, 2.24) is 9.97 Å². The molecule has 0 aliphatic heterocycles. The van der Waals surface area contributed by atoms with Gasteiger partial charge in [-0.05, 0) is 47.6 Å². The third kappa shape index (κ3) is 6.70. The molecule has 0 bridgehead atoms. The molecule has 7 heteroatoms. The summed E-state index contributed by atoms with van der Waals surface area (Å²) in [6.45, 7) is 8.20. The lowest BCUT2D eigenvalue weighted by atomic mass is 9.86. The quantitative estimate of drug-likeness (QED) is 0.337. The number of anilines is 4. The Hall–Kier alpha value is -3.09. The van der Waals surface area contributed by atoms with E-state index in [9.17, 15) is 13.2 Å². The van der Waals surface area contributed by atoms with Crippen LogP contribution in [0.1, 0.15) is 63.6 Å². The van der Waals surface area contributed by atoms with Crippen LogP contribution in [0.2, 0.25) is 0 Å². The molecule has 4 nitrogen and oxygen atoms in total. The molecule has 0 unspecified atom stereocenters. The number of halogens is 3. The highest BCUT2D eigenvalue weighted by Gasteiger charge is 2.35. The average Bonchev–Trinajstić information content (AvgIpc) is 2.74. The highest BCUT2D eigenvalue weighted by atomic mass is 19.4. The lowest BCUT2D eigenvalue weighted by Gasteiger charge is -2.24. The van der Waals surface area contributed by atoms with E-state index in [1.807, 2.05) is 57.2 Å². The molecule has 1 aromatic heterocycles. The molecule has 0 spiro atoms. The van der Waals surface area contributed by atoms with Gasteiger partial charge in [0, 0.05) is 17.6 Å². The fraction of sp³-hybridized carbons (Fsp3) is 0.385. The predicted octanol–water partition coefficient (Wildman–Crippen LogP) is 8.01. The third-order valence-electron chi connectivity index (χ3n) is 5.36. The largest absolute Gasteiger partial charge is 0.421 e. The minimum atomic E-state index is -4.59. The third-order valence-corrected chi connectivity index (χ3v) is 5.36. The van der Waals surface area contributed by atoms with E-state index in [0.717, 1.165) is 30.3 Å². The van der Waals surface area contributed by atoms with Gasteiger partial charge >= 0.3 is 6.18 Å². The molecule has 3 aromatic rings. The summed E-state index contributed by atoms with van der Waals surface area (Å²) in [5.74, 6) is -0.189. The van der Waals surface area contributed by atoms with Crippen molar-refractivity contribution in [2.75, 3.05) is 10.6 Å². The number of hydrogen-bond acceptors (Lipinski definition) is 4. The Morgan fingerprint density at radius 3 is 2.18 bits per heavy atom. The van der Waals surface area contributed by atoms with Gasteiger partial charge in [0.25, 0.3) is 0 Å². The van der Waals surface area contributed by atoms with Crippen LogP contribution in [0, 0.1) is 0 Å². The molecular weight excluding hydrogens is 425 g/mol. The molecule has 0 amide bonds. The fourth-order valence-corrected chi connectivity index (χ4v) is 3.58. The van der Waals surface area contributed by atoms with Crippen LogP contribution in [0.25, 0.3) is 0 Å². The van der Waals surface area contributed by atoms with Gasteiger partial charge in [0.1, 0.15) is 11.4 Å². The summed E-state index contributed by atoms with van der Waals surface area (Å²) in [7, 11) is 0. The Kier molecular flexibility index (Phi) is 7.61. The minimum Gasteiger partial charge on any atom is -0.339 e. The number of rotatable bonds is 8. The van der Waals surface area contributed by atoms with Crippen LogP contribution >= 0.6 is 0 Å². The van der Waals surface area contributed by atoms with Crippen molar-refractivity contribution >= 4 is 23.1 Å². The first-order valence-corrected chi connectivity index (χ1v) is 11.2. The van der Waals surface area contributed by atoms with Crippen LogP contribution in [0.15, 0.2) is 54.7 Å². The van der Waals surface area contributed by atoms with E-state index in [4.69, 9.17) is 0 Å². The van der Waals surface area contributed by atoms with E-state index in [1.165, 1.54) is 18.4 Å². The van der Waals surface area contributed by atoms with Gasteiger partial charge in [0.15, 0.2) is 0 Å². The maximum Gasteiger partial charge on any atom is 0.421 e. The number of alkyl halides is 3. The van der Waals surface area contributed by atoms with Gasteiger partial charge in [-0.3, -0.25) is 0 Å². The number of hydrogen-bond donors (Lipinski definition) is 2. The highest BCUT2D eigenvalue weighted by Crippen LogP contribution is 2.37. The number of nitrogens with one attached hydrogen (secondary N) is 2. The monoisotopic (exact) mass is 456 g/mol. The summed E-state index contributed by atoms with van der Waals surface area (Å²) in [6, 6.07) is 15.1. The van der Waals surface area contributed by atoms with Gasteiger partial charge in [0.05, 0.1) is 0 Å². The molecule has 3 rings (SSSR count). The number of unbranched alkanes of at least 4 members (excludes halogenated alkanes) is 2. The molecule has 0 saturated carbocycles. The maximum atomic E-state index is 13.7. The Balaban J connectivity index is 1.87. The van der Waals surface area contributed by atoms with E-state index in [-0.39, 0.29) is 17.2 Å².